The maximum absolute atomic E-state index is 11.7. The predicted molar refractivity (Wildman–Crippen MR) is 80.5 cm³/mol. The standard InChI is InChI=1S/C11H20N3O6P2/c12-5-9(15)8-1-2-10(8)21(17)11(16,22(18,19)20)6-14-4-3-13-7-14/h3-4,7-8,10,16-20H,1-2,5-6,12H2/q+1/t8?,10?,11?,21-/m0/s1. The van der Waals surface area contributed by atoms with Gasteiger partial charge in [0.15, 0.2) is 0 Å². The van der Waals surface area contributed by atoms with E-state index >= 15 is 0 Å². The molecule has 3 unspecified atom stereocenters. The molecule has 0 bridgehead atoms. The Morgan fingerprint density at radius 3 is 2.55 bits per heavy atom. The zero-order valence-electron chi connectivity index (χ0n) is 11.7. The minimum absolute atomic E-state index is 0.179. The summed E-state index contributed by atoms with van der Waals surface area (Å²) in [4.78, 5) is 54.9. The van der Waals surface area contributed by atoms with Crippen molar-refractivity contribution in [3.05, 3.63) is 18.7 Å². The number of ketones is 1. The number of carbonyl (C=O) groups is 1. The highest BCUT2D eigenvalue weighted by Crippen LogP contribution is 2.74. The molecule has 7 N–H and O–H groups in total. The molecule has 0 saturated heterocycles. The fraction of sp³-hybridized carbons (Fsp3) is 0.636. The highest BCUT2D eigenvalue weighted by molar-refractivity contribution is 7.75. The van der Waals surface area contributed by atoms with E-state index in [0.29, 0.717) is 12.8 Å². The van der Waals surface area contributed by atoms with E-state index in [4.69, 9.17) is 5.73 Å². The second-order valence-corrected chi connectivity index (χ2v) is 9.67. The lowest BCUT2D eigenvalue weighted by molar-refractivity contribution is -0.123. The van der Waals surface area contributed by atoms with Crippen molar-refractivity contribution < 1.29 is 29.5 Å². The van der Waals surface area contributed by atoms with Crippen LogP contribution in [0.1, 0.15) is 12.8 Å². The van der Waals surface area contributed by atoms with E-state index in [1.165, 1.54) is 23.3 Å². The maximum atomic E-state index is 11.7. The normalized spacial score (nSPS) is 26.1. The Morgan fingerprint density at radius 2 is 2.14 bits per heavy atom. The minimum Gasteiger partial charge on any atom is -0.367 e. The Hall–Kier alpha value is -0.500. The Labute approximate surface area is 128 Å². The molecule has 1 fully saturated rings. The summed E-state index contributed by atoms with van der Waals surface area (Å²) < 4.78 is 1.32. The SMILES string of the molecule is NCC(=O)C1CCC1[P@](O)C(O)(Cn1ccnc1)[P+](O)(O)O. The van der Waals surface area contributed by atoms with E-state index in [1.54, 1.807) is 0 Å². The number of imidazole rings is 1. The molecule has 11 heteroatoms. The van der Waals surface area contributed by atoms with Crippen LogP contribution >= 0.6 is 16.1 Å². The van der Waals surface area contributed by atoms with Gasteiger partial charge in [-0.15, -0.1) is 0 Å². The molecule has 1 aromatic rings. The van der Waals surface area contributed by atoms with Crippen molar-refractivity contribution in [1.82, 2.24) is 9.55 Å². The van der Waals surface area contributed by atoms with Crippen molar-refractivity contribution in [3.8, 4) is 0 Å². The number of carbonyl (C=O) groups excluding carboxylic acids is 1. The Bertz CT molecular complexity index is 522. The van der Waals surface area contributed by atoms with Crippen molar-refractivity contribution in [2.45, 2.75) is 30.1 Å². The van der Waals surface area contributed by atoms with Gasteiger partial charge < -0.3 is 20.3 Å². The Morgan fingerprint density at radius 1 is 1.45 bits per heavy atom. The van der Waals surface area contributed by atoms with Crippen molar-refractivity contribution in [3.63, 3.8) is 0 Å². The summed E-state index contributed by atoms with van der Waals surface area (Å²) in [6, 6.07) is 0. The molecule has 1 aromatic heterocycles. The lowest BCUT2D eigenvalue weighted by Crippen LogP contribution is -2.45. The van der Waals surface area contributed by atoms with Gasteiger partial charge in [-0.25, -0.2) is 4.98 Å². The third kappa shape index (κ3) is 3.22. The van der Waals surface area contributed by atoms with Crippen LogP contribution in [0.3, 0.4) is 0 Å². The second-order valence-electron chi connectivity index (χ2n) is 5.34. The first kappa shape index (κ1) is 17.8. The Kier molecular flexibility index (Phi) is 5.31. The lowest BCUT2D eigenvalue weighted by Gasteiger charge is -2.43. The number of aromatic nitrogens is 2. The second kappa shape index (κ2) is 6.55. The van der Waals surface area contributed by atoms with Crippen LogP contribution in [0.4, 0.5) is 0 Å². The highest BCUT2D eigenvalue weighted by Gasteiger charge is 2.66. The van der Waals surface area contributed by atoms with E-state index in [-0.39, 0.29) is 12.3 Å². The lowest BCUT2D eigenvalue weighted by atomic mass is 9.81. The molecule has 0 spiro atoms. The minimum atomic E-state index is -4.79. The van der Waals surface area contributed by atoms with Crippen molar-refractivity contribution >= 4 is 21.9 Å². The Balaban J connectivity index is 2.24. The average Bonchev–Trinajstić information content (AvgIpc) is 2.88. The first-order valence-electron chi connectivity index (χ1n) is 6.67. The van der Waals surface area contributed by atoms with Crippen LogP contribution in [0.25, 0.3) is 0 Å². The zero-order valence-corrected chi connectivity index (χ0v) is 13.5. The van der Waals surface area contributed by atoms with E-state index < -0.39 is 39.3 Å². The summed E-state index contributed by atoms with van der Waals surface area (Å²) >= 11 is 0. The fourth-order valence-electron chi connectivity index (χ4n) is 2.50. The fourth-order valence-corrected chi connectivity index (χ4v) is 6.28. The summed E-state index contributed by atoms with van der Waals surface area (Å²) in [6.45, 7) is -0.617. The van der Waals surface area contributed by atoms with Gasteiger partial charge in [-0.3, -0.25) is 4.79 Å². The van der Waals surface area contributed by atoms with E-state index in [2.05, 4.69) is 4.98 Å². The van der Waals surface area contributed by atoms with Gasteiger partial charge in [-0.2, -0.15) is 14.7 Å². The van der Waals surface area contributed by atoms with Gasteiger partial charge >= 0.3 is 13.0 Å². The van der Waals surface area contributed by atoms with E-state index in [0.717, 1.165) is 0 Å². The highest BCUT2D eigenvalue weighted by atomic mass is 31.3. The first-order valence-corrected chi connectivity index (χ1v) is 9.68. The van der Waals surface area contributed by atoms with E-state index in [1.807, 2.05) is 0 Å². The van der Waals surface area contributed by atoms with Crippen LogP contribution in [-0.2, 0) is 11.3 Å². The third-order valence-corrected chi connectivity index (χ3v) is 8.61. The molecule has 0 aromatic carbocycles. The number of nitrogens with two attached hydrogens (primary N) is 1. The van der Waals surface area contributed by atoms with Crippen molar-refractivity contribution in [1.29, 1.82) is 0 Å². The van der Waals surface area contributed by atoms with Crippen molar-refractivity contribution in [2.75, 3.05) is 6.54 Å². The average molecular weight is 352 g/mol. The first-order chi connectivity index (χ1) is 10.2. The van der Waals surface area contributed by atoms with Crippen LogP contribution in [0.15, 0.2) is 18.7 Å². The molecule has 4 atom stereocenters. The molecule has 1 aliphatic carbocycles. The molecule has 9 nitrogen and oxygen atoms in total. The molecule has 1 aliphatic rings. The molecular weight excluding hydrogens is 332 g/mol. The summed E-state index contributed by atoms with van der Waals surface area (Å²) in [5.74, 6) is -0.775. The number of hydrogen-bond donors (Lipinski definition) is 6. The number of hydrogen-bond acceptors (Lipinski definition) is 8. The maximum Gasteiger partial charge on any atom is 0.446 e. The molecule has 0 aliphatic heterocycles. The number of rotatable bonds is 7. The molecule has 0 amide bonds. The van der Waals surface area contributed by atoms with Crippen LogP contribution in [0.2, 0.25) is 0 Å². The topological polar surface area (TPSA) is 162 Å². The van der Waals surface area contributed by atoms with Gasteiger partial charge in [0, 0.05) is 24.0 Å². The monoisotopic (exact) mass is 352 g/mol. The summed E-state index contributed by atoms with van der Waals surface area (Å²) in [7, 11) is -7.23. The largest absolute Gasteiger partial charge is 0.446 e. The number of nitrogens with zero attached hydrogens (tertiary/aromatic N) is 2. The number of Topliss-reactive ketones (excluding diaryl/α,β-unsaturated/α-hetero) is 1. The molecule has 0 radical (unpaired) electrons. The summed E-state index contributed by atoms with van der Waals surface area (Å²) in [6.07, 6.45) is 5.15. The smallest absolute Gasteiger partial charge is 0.367 e. The molecule has 124 valence electrons. The quantitative estimate of drug-likeness (QED) is 0.339. The van der Waals surface area contributed by atoms with Gasteiger partial charge in [0.05, 0.1) is 12.9 Å². The van der Waals surface area contributed by atoms with Crippen molar-refractivity contribution in [2.24, 2.45) is 11.7 Å². The summed E-state index contributed by atoms with van der Waals surface area (Å²) in [5.41, 5.74) is 4.69. The van der Waals surface area contributed by atoms with Crippen LogP contribution in [-0.4, -0.2) is 57.3 Å². The van der Waals surface area contributed by atoms with Crippen LogP contribution in [0, 0.1) is 5.92 Å². The number of aliphatic hydroxyl groups is 1. The van der Waals surface area contributed by atoms with Crippen LogP contribution in [0.5, 0.6) is 0 Å². The van der Waals surface area contributed by atoms with Gasteiger partial charge in [-0.1, -0.05) is 0 Å². The molecule has 1 saturated carbocycles. The van der Waals surface area contributed by atoms with Gasteiger partial charge in [-0.05, 0) is 12.8 Å². The predicted octanol–water partition coefficient (Wildman–Crippen LogP) is -1.04. The summed E-state index contributed by atoms with van der Waals surface area (Å²) in [5, 5.41) is 8.07. The molecule has 1 heterocycles. The van der Waals surface area contributed by atoms with Gasteiger partial charge in [0.2, 0.25) is 0 Å². The molecule has 2 rings (SSSR count). The van der Waals surface area contributed by atoms with E-state index in [9.17, 15) is 29.5 Å². The van der Waals surface area contributed by atoms with Gasteiger partial charge in [0.25, 0.3) is 0 Å². The third-order valence-electron chi connectivity index (χ3n) is 3.97. The van der Waals surface area contributed by atoms with Crippen LogP contribution < -0.4 is 5.73 Å². The molecule has 22 heavy (non-hydrogen) atoms. The zero-order chi connectivity index (χ0) is 16.5. The van der Waals surface area contributed by atoms with Gasteiger partial charge in [0.1, 0.15) is 20.5 Å². The molecular formula is C11H20N3O6P2+.